The van der Waals surface area contributed by atoms with E-state index in [0.717, 1.165) is 11.3 Å². The molecule has 0 aromatic heterocycles. The van der Waals surface area contributed by atoms with Crippen molar-refractivity contribution in [2.45, 2.75) is 39.0 Å². The quantitative estimate of drug-likeness (QED) is 0.859. The van der Waals surface area contributed by atoms with Gasteiger partial charge in [-0.25, -0.2) is 0 Å². The third-order valence-electron chi connectivity index (χ3n) is 3.72. The van der Waals surface area contributed by atoms with Crippen LogP contribution < -0.4 is 4.74 Å². The van der Waals surface area contributed by atoms with E-state index in [1.807, 2.05) is 24.3 Å². The number of hydrogen-bond acceptors (Lipinski definition) is 3. The van der Waals surface area contributed by atoms with Crippen LogP contribution in [0.2, 0.25) is 0 Å². The molecule has 1 saturated heterocycles. The minimum absolute atomic E-state index is 0.0291. The Kier molecular flexibility index (Phi) is 4.66. The number of piperidine rings is 1. The number of rotatable bonds is 3. The summed E-state index contributed by atoms with van der Waals surface area (Å²) in [6.45, 7) is 7.42. The van der Waals surface area contributed by atoms with E-state index in [9.17, 15) is 9.59 Å². The standard InChI is InChI=1S/C17H23NO3/c1-17(2,3)14-6-4-5-7-15(14)21-12-16(20)18-10-8-13(19)9-11-18/h4-7H,8-12H2,1-3H3. The van der Waals surface area contributed by atoms with E-state index < -0.39 is 0 Å². The highest BCUT2D eigenvalue weighted by Crippen LogP contribution is 2.30. The van der Waals surface area contributed by atoms with Crippen molar-refractivity contribution in [2.75, 3.05) is 19.7 Å². The molecule has 0 radical (unpaired) electrons. The number of carbonyl (C=O) groups is 2. The monoisotopic (exact) mass is 289 g/mol. The van der Waals surface area contributed by atoms with Gasteiger partial charge in [0, 0.05) is 25.9 Å². The summed E-state index contributed by atoms with van der Waals surface area (Å²) < 4.78 is 5.73. The second kappa shape index (κ2) is 6.29. The summed E-state index contributed by atoms with van der Waals surface area (Å²) in [5.41, 5.74) is 1.06. The van der Waals surface area contributed by atoms with Gasteiger partial charge in [0.2, 0.25) is 0 Å². The zero-order valence-electron chi connectivity index (χ0n) is 13.0. The lowest BCUT2D eigenvalue weighted by Gasteiger charge is -2.27. The van der Waals surface area contributed by atoms with Gasteiger partial charge in [-0.05, 0) is 17.0 Å². The molecule has 21 heavy (non-hydrogen) atoms. The normalized spacial score (nSPS) is 16.0. The first-order chi connectivity index (χ1) is 9.88. The summed E-state index contributed by atoms with van der Waals surface area (Å²) >= 11 is 0. The third kappa shape index (κ3) is 4.06. The van der Waals surface area contributed by atoms with Gasteiger partial charge < -0.3 is 9.64 Å². The number of para-hydroxylation sites is 1. The summed E-state index contributed by atoms with van der Waals surface area (Å²) in [6.07, 6.45) is 0.925. The van der Waals surface area contributed by atoms with Crippen molar-refractivity contribution >= 4 is 11.7 Å². The van der Waals surface area contributed by atoms with E-state index in [0.29, 0.717) is 25.9 Å². The Morgan fingerprint density at radius 3 is 2.43 bits per heavy atom. The summed E-state index contributed by atoms with van der Waals surface area (Å²) in [4.78, 5) is 25.0. The van der Waals surface area contributed by atoms with Gasteiger partial charge in [-0.1, -0.05) is 39.0 Å². The lowest BCUT2D eigenvalue weighted by atomic mass is 9.86. The Balaban J connectivity index is 1.97. The first-order valence-corrected chi connectivity index (χ1v) is 7.40. The SMILES string of the molecule is CC(C)(C)c1ccccc1OCC(=O)N1CCC(=O)CC1. The van der Waals surface area contributed by atoms with Crippen LogP contribution >= 0.6 is 0 Å². The van der Waals surface area contributed by atoms with Crippen molar-refractivity contribution < 1.29 is 14.3 Å². The van der Waals surface area contributed by atoms with Crippen molar-refractivity contribution in [3.63, 3.8) is 0 Å². The van der Waals surface area contributed by atoms with Crippen LogP contribution in [0.3, 0.4) is 0 Å². The van der Waals surface area contributed by atoms with Crippen molar-refractivity contribution in [1.82, 2.24) is 4.90 Å². The molecule has 4 nitrogen and oxygen atoms in total. The average molecular weight is 289 g/mol. The lowest BCUT2D eigenvalue weighted by molar-refractivity contribution is -0.136. The fourth-order valence-corrected chi connectivity index (χ4v) is 2.45. The first kappa shape index (κ1) is 15.5. The predicted molar refractivity (Wildman–Crippen MR) is 81.5 cm³/mol. The van der Waals surface area contributed by atoms with Gasteiger partial charge in [-0.3, -0.25) is 9.59 Å². The highest BCUT2D eigenvalue weighted by Gasteiger charge is 2.22. The first-order valence-electron chi connectivity index (χ1n) is 7.40. The van der Waals surface area contributed by atoms with E-state index in [1.165, 1.54) is 0 Å². The third-order valence-corrected chi connectivity index (χ3v) is 3.72. The topological polar surface area (TPSA) is 46.6 Å². The molecular weight excluding hydrogens is 266 g/mol. The molecule has 4 heteroatoms. The maximum absolute atomic E-state index is 12.1. The Bertz CT molecular complexity index is 521. The number of carbonyl (C=O) groups excluding carboxylic acids is 2. The van der Waals surface area contributed by atoms with Crippen LogP contribution in [0.4, 0.5) is 0 Å². The molecule has 0 aliphatic carbocycles. The number of amides is 1. The minimum atomic E-state index is -0.0498. The molecule has 0 bridgehead atoms. The Morgan fingerprint density at radius 1 is 1.19 bits per heavy atom. The average Bonchev–Trinajstić information content (AvgIpc) is 2.45. The van der Waals surface area contributed by atoms with E-state index >= 15 is 0 Å². The smallest absolute Gasteiger partial charge is 0.260 e. The van der Waals surface area contributed by atoms with Gasteiger partial charge in [0.25, 0.3) is 5.91 Å². The molecule has 0 unspecified atom stereocenters. The van der Waals surface area contributed by atoms with Crippen LogP contribution in [0.5, 0.6) is 5.75 Å². The Morgan fingerprint density at radius 2 is 1.81 bits per heavy atom. The lowest BCUT2D eigenvalue weighted by Crippen LogP contribution is -2.41. The zero-order chi connectivity index (χ0) is 15.5. The Labute approximate surface area is 126 Å². The summed E-state index contributed by atoms with van der Waals surface area (Å²) in [6, 6.07) is 7.81. The molecule has 0 spiro atoms. The van der Waals surface area contributed by atoms with Crippen molar-refractivity contribution in [3.05, 3.63) is 29.8 Å². The summed E-state index contributed by atoms with van der Waals surface area (Å²) in [5.74, 6) is 0.940. The maximum Gasteiger partial charge on any atom is 0.260 e. The van der Waals surface area contributed by atoms with Crippen molar-refractivity contribution in [2.24, 2.45) is 0 Å². The van der Waals surface area contributed by atoms with E-state index in [4.69, 9.17) is 4.74 Å². The second-order valence-electron chi connectivity index (χ2n) is 6.45. The molecule has 1 aliphatic rings. The maximum atomic E-state index is 12.1. The largest absolute Gasteiger partial charge is 0.483 e. The number of hydrogen-bond donors (Lipinski definition) is 0. The second-order valence-corrected chi connectivity index (χ2v) is 6.45. The Hall–Kier alpha value is -1.84. The van der Waals surface area contributed by atoms with Crippen LogP contribution in [0.15, 0.2) is 24.3 Å². The van der Waals surface area contributed by atoms with Crippen LogP contribution in [0.25, 0.3) is 0 Å². The number of benzene rings is 1. The number of likely N-dealkylation sites (tertiary alicyclic amines) is 1. The molecular formula is C17H23NO3. The van der Waals surface area contributed by atoms with Crippen LogP contribution in [0.1, 0.15) is 39.2 Å². The molecule has 1 aromatic rings. The number of ether oxygens (including phenoxy) is 1. The van der Waals surface area contributed by atoms with Crippen LogP contribution in [0, 0.1) is 0 Å². The van der Waals surface area contributed by atoms with E-state index in [2.05, 4.69) is 20.8 Å². The molecule has 114 valence electrons. The van der Waals surface area contributed by atoms with Crippen LogP contribution in [-0.2, 0) is 15.0 Å². The predicted octanol–water partition coefficient (Wildman–Crippen LogP) is 2.55. The molecule has 1 aliphatic heterocycles. The molecule has 1 aromatic carbocycles. The molecule has 0 atom stereocenters. The number of nitrogens with zero attached hydrogens (tertiary/aromatic N) is 1. The van der Waals surface area contributed by atoms with Gasteiger partial charge in [0.1, 0.15) is 11.5 Å². The van der Waals surface area contributed by atoms with Gasteiger partial charge in [0.05, 0.1) is 0 Å². The fraction of sp³-hybridized carbons (Fsp3) is 0.529. The highest BCUT2D eigenvalue weighted by atomic mass is 16.5. The number of ketones is 1. The molecule has 1 amide bonds. The number of Topliss-reactive ketones (excluding diaryl/α,β-unsaturated/α-hetero) is 1. The highest BCUT2D eigenvalue weighted by molar-refractivity contribution is 5.84. The molecule has 2 rings (SSSR count). The zero-order valence-corrected chi connectivity index (χ0v) is 13.0. The van der Waals surface area contributed by atoms with Crippen LogP contribution in [-0.4, -0.2) is 36.3 Å². The van der Waals surface area contributed by atoms with E-state index in [-0.39, 0.29) is 23.7 Å². The minimum Gasteiger partial charge on any atom is -0.483 e. The molecule has 1 fully saturated rings. The van der Waals surface area contributed by atoms with Crippen molar-refractivity contribution in [1.29, 1.82) is 0 Å². The van der Waals surface area contributed by atoms with Crippen molar-refractivity contribution in [3.8, 4) is 5.75 Å². The van der Waals surface area contributed by atoms with Gasteiger partial charge in [0.15, 0.2) is 6.61 Å². The van der Waals surface area contributed by atoms with Gasteiger partial charge in [-0.2, -0.15) is 0 Å². The van der Waals surface area contributed by atoms with Gasteiger partial charge in [-0.15, -0.1) is 0 Å². The fourth-order valence-electron chi connectivity index (χ4n) is 2.45. The van der Waals surface area contributed by atoms with Gasteiger partial charge >= 0.3 is 0 Å². The molecule has 0 N–H and O–H groups in total. The van der Waals surface area contributed by atoms with E-state index in [1.54, 1.807) is 4.90 Å². The molecule has 0 saturated carbocycles. The summed E-state index contributed by atoms with van der Waals surface area (Å²) in [7, 11) is 0. The molecule has 1 heterocycles. The summed E-state index contributed by atoms with van der Waals surface area (Å²) in [5, 5.41) is 0.